The molecule has 1 N–H and O–H groups in total. The number of aromatic nitrogens is 2. The van der Waals surface area contributed by atoms with Crippen molar-refractivity contribution in [2.45, 2.75) is 25.2 Å². The number of carboxylic acid groups (broad SMARTS) is 1. The molecule has 3 aromatic rings. The predicted molar refractivity (Wildman–Crippen MR) is 132 cm³/mol. The summed E-state index contributed by atoms with van der Waals surface area (Å²) in [6.07, 6.45) is 2.07. The van der Waals surface area contributed by atoms with E-state index >= 15 is 0 Å². The van der Waals surface area contributed by atoms with Crippen LogP contribution in [0.25, 0.3) is 6.08 Å². The second kappa shape index (κ2) is 11.3. The number of carboxylic acids is 1. The van der Waals surface area contributed by atoms with Gasteiger partial charge >= 0.3 is 5.97 Å². The number of hydrogen-bond donors (Lipinski definition) is 1. The van der Waals surface area contributed by atoms with E-state index in [-0.39, 0.29) is 16.7 Å². The first-order chi connectivity index (χ1) is 15.3. The van der Waals surface area contributed by atoms with E-state index in [2.05, 4.69) is 32.8 Å². The van der Waals surface area contributed by atoms with Crippen molar-refractivity contribution in [3.8, 4) is 11.5 Å². The Kier molecular flexibility index (Phi) is 8.69. The van der Waals surface area contributed by atoms with Gasteiger partial charge in [0.05, 0.1) is 10.7 Å². The van der Waals surface area contributed by atoms with Crippen LogP contribution in [0.1, 0.15) is 23.9 Å². The number of ether oxygens (including phenoxy) is 2. The summed E-state index contributed by atoms with van der Waals surface area (Å²) in [5.74, 6) is 0.299. The zero-order valence-electron chi connectivity index (χ0n) is 16.9. The molecular weight excluding hydrogens is 590 g/mol. The van der Waals surface area contributed by atoms with E-state index in [1.165, 1.54) is 13.2 Å². The molecular formula is C21H17Cl2IN2O5S. The Hall–Kier alpha value is -1.95. The van der Waals surface area contributed by atoms with Crippen molar-refractivity contribution in [3.05, 3.63) is 65.9 Å². The summed E-state index contributed by atoms with van der Waals surface area (Å²) in [5, 5.41) is 18.5. The number of aliphatic carboxylic acids is 1. The fourth-order valence-electron chi connectivity index (χ4n) is 2.55. The van der Waals surface area contributed by atoms with Gasteiger partial charge in [-0.25, -0.2) is 4.79 Å². The average molecular weight is 607 g/mol. The van der Waals surface area contributed by atoms with E-state index in [4.69, 9.17) is 37.1 Å². The second-order valence-corrected chi connectivity index (χ2v) is 9.29. The second-order valence-electron chi connectivity index (χ2n) is 6.29. The van der Waals surface area contributed by atoms with Gasteiger partial charge in [0.1, 0.15) is 11.5 Å². The van der Waals surface area contributed by atoms with Gasteiger partial charge < -0.3 is 19.0 Å². The monoisotopic (exact) mass is 606 g/mol. The normalized spacial score (nSPS) is 11.5. The van der Waals surface area contributed by atoms with Crippen molar-refractivity contribution in [2.75, 3.05) is 7.11 Å². The van der Waals surface area contributed by atoms with Gasteiger partial charge in [-0.05, 0) is 70.3 Å². The lowest BCUT2D eigenvalue weighted by molar-refractivity contribution is -0.131. The standard InChI is InChI=1S/C21H17Cl2IN2O5S/c1-3-18-25-26-21(31-18)32-17(20(27)28)8-11-6-15(24)19(16(7-11)29-2)30-10-12-4-5-13(22)9-14(12)23/h4-9H,3,10H2,1-2H3,(H,27,28)/b17-8-. The molecule has 11 heteroatoms. The Balaban J connectivity index is 1.85. The van der Waals surface area contributed by atoms with Gasteiger partial charge in [0.2, 0.25) is 5.89 Å². The quantitative estimate of drug-likeness (QED) is 0.171. The van der Waals surface area contributed by atoms with E-state index in [0.29, 0.717) is 39.4 Å². The molecule has 0 aliphatic rings. The SMILES string of the molecule is CCc1nnc(S/C(=C\c2cc(I)c(OCc3ccc(Cl)cc3Cl)c(OC)c2)C(=O)O)o1. The van der Waals surface area contributed by atoms with Gasteiger partial charge in [0.25, 0.3) is 5.22 Å². The molecule has 1 aromatic heterocycles. The van der Waals surface area contributed by atoms with Crippen LogP contribution in [0.4, 0.5) is 0 Å². The van der Waals surface area contributed by atoms with Crippen LogP contribution in [-0.4, -0.2) is 28.4 Å². The minimum atomic E-state index is -1.11. The van der Waals surface area contributed by atoms with Crippen molar-refractivity contribution < 1.29 is 23.8 Å². The summed E-state index contributed by atoms with van der Waals surface area (Å²) >= 11 is 15.1. The zero-order chi connectivity index (χ0) is 23.3. The number of methoxy groups -OCH3 is 1. The molecule has 7 nitrogen and oxygen atoms in total. The van der Waals surface area contributed by atoms with Crippen LogP contribution >= 0.6 is 57.6 Å². The van der Waals surface area contributed by atoms with Gasteiger partial charge in [-0.2, -0.15) is 0 Å². The predicted octanol–water partition coefficient (Wildman–Crippen LogP) is 6.35. The van der Waals surface area contributed by atoms with Crippen molar-refractivity contribution >= 4 is 69.6 Å². The first-order valence-corrected chi connectivity index (χ1v) is 11.8. The number of benzene rings is 2. The summed E-state index contributed by atoms with van der Waals surface area (Å²) < 4.78 is 17.6. The number of aryl methyl sites for hydroxylation is 1. The molecule has 0 bridgehead atoms. The van der Waals surface area contributed by atoms with Crippen molar-refractivity contribution in [2.24, 2.45) is 0 Å². The maximum absolute atomic E-state index is 11.7. The molecule has 32 heavy (non-hydrogen) atoms. The maximum atomic E-state index is 11.7. The smallest absolute Gasteiger partial charge is 0.342 e. The van der Waals surface area contributed by atoms with Crippen LogP contribution in [0, 0.1) is 3.57 Å². The Morgan fingerprint density at radius 3 is 2.69 bits per heavy atom. The number of carbonyl (C=O) groups is 1. The molecule has 0 radical (unpaired) electrons. The molecule has 0 atom stereocenters. The van der Waals surface area contributed by atoms with Crippen LogP contribution in [0.3, 0.4) is 0 Å². The topological polar surface area (TPSA) is 94.7 Å². The van der Waals surface area contributed by atoms with Crippen molar-refractivity contribution in [3.63, 3.8) is 0 Å². The summed E-state index contributed by atoms with van der Waals surface area (Å²) in [6, 6.07) is 8.65. The average Bonchev–Trinajstić information content (AvgIpc) is 3.21. The van der Waals surface area contributed by atoms with Gasteiger partial charge in [-0.1, -0.05) is 36.2 Å². The summed E-state index contributed by atoms with van der Waals surface area (Å²) in [7, 11) is 1.51. The largest absolute Gasteiger partial charge is 0.493 e. The lowest BCUT2D eigenvalue weighted by atomic mass is 10.2. The van der Waals surface area contributed by atoms with E-state index in [1.807, 2.05) is 6.92 Å². The van der Waals surface area contributed by atoms with E-state index in [0.717, 1.165) is 20.9 Å². The molecule has 1 heterocycles. The molecule has 0 aliphatic carbocycles. The molecule has 0 amide bonds. The Bertz CT molecular complexity index is 1170. The highest BCUT2D eigenvalue weighted by atomic mass is 127. The van der Waals surface area contributed by atoms with Gasteiger partial charge in [0.15, 0.2) is 11.5 Å². The van der Waals surface area contributed by atoms with Gasteiger partial charge in [0, 0.05) is 22.0 Å². The van der Waals surface area contributed by atoms with Crippen molar-refractivity contribution in [1.29, 1.82) is 0 Å². The zero-order valence-corrected chi connectivity index (χ0v) is 21.4. The highest BCUT2D eigenvalue weighted by Crippen LogP contribution is 2.37. The highest BCUT2D eigenvalue weighted by molar-refractivity contribution is 14.1. The maximum Gasteiger partial charge on any atom is 0.342 e. The summed E-state index contributed by atoms with van der Waals surface area (Å²) in [6.45, 7) is 2.08. The Morgan fingerprint density at radius 1 is 1.28 bits per heavy atom. The number of nitrogens with zero attached hydrogens (tertiary/aromatic N) is 2. The van der Waals surface area contributed by atoms with Crippen LogP contribution in [0.5, 0.6) is 11.5 Å². The van der Waals surface area contributed by atoms with Crippen LogP contribution in [0.2, 0.25) is 10.0 Å². The van der Waals surface area contributed by atoms with Gasteiger partial charge in [-0.3, -0.25) is 0 Å². The molecule has 0 saturated carbocycles. The minimum Gasteiger partial charge on any atom is -0.493 e. The fraction of sp³-hybridized carbons (Fsp3) is 0.190. The fourth-order valence-corrected chi connectivity index (χ4v) is 4.49. The van der Waals surface area contributed by atoms with Crippen LogP contribution in [0.15, 0.2) is 44.9 Å². The third-order valence-electron chi connectivity index (χ3n) is 4.10. The molecule has 168 valence electrons. The van der Waals surface area contributed by atoms with Gasteiger partial charge in [-0.15, -0.1) is 10.2 Å². The summed E-state index contributed by atoms with van der Waals surface area (Å²) in [4.78, 5) is 11.8. The Labute approximate surface area is 212 Å². The lowest BCUT2D eigenvalue weighted by Gasteiger charge is -2.14. The highest BCUT2D eigenvalue weighted by Gasteiger charge is 2.17. The number of thioether (sulfide) groups is 1. The van der Waals surface area contributed by atoms with Crippen LogP contribution in [-0.2, 0) is 17.8 Å². The molecule has 3 rings (SSSR count). The molecule has 0 saturated heterocycles. The number of hydrogen-bond acceptors (Lipinski definition) is 7. The van der Waals surface area contributed by atoms with E-state index < -0.39 is 5.97 Å². The minimum absolute atomic E-state index is 0.0239. The molecule has 0 aliphatic heterocycles. The van der Waals surface area contributed by atoms with E-state index in [9.17, 15) is 9.90 Å². The number of halogens is 3. The summed E-state index contributed by atoms with van der Waals surface area (Å²) in [5.41, 5.74) is 1.39. The third-order valence-corrected chi connectivity index (χ3v) is 6.34. The van der Waals surface area contributed by atoms with Crippen LogP contribution < -0.4 is 9.47 Å². The lowest BCUT2D eigenvalue weighted by Crippen LogP contribution is -2.01. The third kappa shape index (κ3) is 6.31. The first-order valence-electron chi connectivity index (χ1n) is 9.20. The molecule has 2 aromatic carbocycles. The molecule has 0 unspecified atom stereocenters. The first kappa shape index (κ1) is 24.7. The molecule has 0 fully saturated rings. The van der Waals surface area contributed by atoms with Crippen molar-refractivity contribution in [1.82, 2.24) is 10.2 Å². The number of rotatable bonds is 9. The van der Waals surface area contributed by atoms with E-state index in [1.54, 1.807) is 30.3 Å². The molecule has 0 spiro atoms. The Morgan fingerprint density at radius 2 is 2.06 bits per heavy atom.